The number of ether oxygens (including phenoxy) is 1. The van der Waals surface area contributed by atoms with Crippen molar-refractivity contribution in [2.24, 2.45) is 5.73 Å². The van der Waals surface area contributed by atoms with Gasteiger partial charge in [-0.3, -0.25) is 4.90 Å². The van der Waals surface area contributed by atoms with Gasteiger partial charge in [-0.2, -0.15) is 0 Å². The molecule has 0 fully saturated rings. The van der Waals surface area contributed by atoms with E-state index in [1.54, 1.807) is 7.11 Å². The summed E-state index contributed by atoms with van der Waals surface area (Å²) in [7, 11) is 3.76. The minimum absolute atomic E-state index is 0.234. The minimum atomic E-state index is 0.234. The molecule has 0 heterocycles. The second-order valence-corrected chi connectivity index (χ2v) is 5.26. The first-order valence-electron chi connectivity index (χ1n) is 5.76. The van der Waals surface area contributed by atoms with E-state index in [2.05, 4.69) is 53.9 Å². The molecule has 0 aromatic heterocycles. The van der Waals surface area contributed by atoms with Crippen LogP contribution in [0.4, 0.5) is 0 Å². The van der Waals surface area contributed by atoms with Crippen molar-refractivity contribution >= 4 is 15.9 Å². The minimum Gasteiger partial charge on any atom is -0.496 e. The van der Waals surface area contributed by atoms with E-state index in [0.717, 1.165) is 10.2 Å². The highest BCUT2D eigenvalue weighted by atomic mass is 79.9. The van der Waals surface area contributed by atoms with Gasteiger partial charge in [-0.25, -0.2) is 0 Å². The van der Waals surface area contributed by atoms with Crippen molar-refractivity contribution in [3.05, 3.63) is 28.2 Å². The molecule has 1 rings (SSSR count). The lowest BCUT2D eigenvalue weighted by atomic mass is 10.0. The maximum Gasteiger partial charge on any atom is 0.133 e. The van der Waals surface area contributed by atoms with E-state index in [4.69, 9.17) is 10.5 Å². The number of likely N-dealkylation sites (N-methyl/N-ethyl adjacent to an activating group) is 1. The summed E-state index contributed by atoms with van der Waals surface area (Å²) in [5, 5.41) is 0. The highest BCUT2D eigenvalue weighted by Gasteiger charge is 2.18. The zero-order valence-electron chi connectivity index (χ0n) is 10.9. The van der Waals surface area contributed by atoms with Crippen molar-refractivity contribution in [3.63, 3.8) is 0 Å². The van der Waals surface area contributed by atoms with E-state index in [9.17, 15) is 0 Å². The molecule has 0 radical (unpaired) electrons. The number of halogens is 1. The summed E-state index contributed by atoms with van der Waals surface area (Å²) in [6, 6.07) is 6.81. The molecule has 1 atom stereocenters. The number of hydrogen-bond donors (Lipinski definition) is 1. The van der Waals surface area contributed by atoms with Gasteiger partial charge in [0.1, 0.15) is 5.75 Å². The van der Waals surface area contributed by atoms with Crippen molar-refractivity contribution < 1.29 is 4.74 Å². The van der Waals surface area contributed by atoms with Crippen LogP contribution in [0.25, 0.3) is 0 Å². The zero-order chi connectivity index (χ0) is 13.0. The van der Waals surface area contributed by atoms with Crippen LogP contribution in [-0.2, 0) is 0 Å². The van der Waals surface area contributed by atoms with Crippen molar-refractivity contribution in [1.29, 1.82) is 0 Å². The van der Waals surface area contributed by atoms with Crippen LogP contribution in [0.5, 0.6) is 5.75 Å². The number of hydrogen-bond acceptors (Lipinski definition) is 3. The Bertz CT molecular complexity index is 368. The number of nitrogens with zero attached hydrogens (tertiary/aromatic N) is 1. The van der Waals surface area contributed by atoms with Crippen LogP contribution in [0.1, 0.15) is 25.5 Å². The molecule has 0 spiro atoms. The maximum atomic E-state index is 5.88. The molecule has 0 saturated carbocycles. The van der Waals surface area contributed by atoms with E-state index >= 15 is 0 Å². The van der Waals surface area contributed by atoms with Crippen molar-refractivity contribution in [2.75, 3.05) is 20.7 Å². The van der Waals surface area contributed by atoms with Crippen molar-refractivity contribution in [3.8, 4) is 5.75 Å². The molecule has 1 aromatic rings. The van der Waals surface area contributed by atoms with Gasteiger partial charge < -0.3 is 10.5 Å². The molecule has 96 valence electrons. The first kappa shape index (κ1) is 14.5. The highest BCUT2D eigenvalue weighted by molar-refractivity contribution is 9.10. The Kier molecular flexibility index (Phi) is 5.43. The number of benzene rings is 1. The lowest BCUT2D eigenvalue weighted by molar-refractivity contribution is 0.201. The molecule has 1 aromatic carbocycles. The molecular formula is C13H21BrN2O. The smallest absolute Gasteiger partial charge is 0.133 e. The fourth-order valence-electron chi connectivity index (χ4n) is 1.79. The SMILES string of the molecule is COc1ccc(C(CN)N(C)C(C)C)cc1Br. The molecule has 1 unspecified atom stereocenters. The molecule has 0 bridgehead atoms. The average molecular weight is 301 g/mol. The molecule has 0 saturated heterocycles. The van der Waals surface area contributed by atoms with Crippen LogP contribution >= 0.6 is 15.9 Å². The third-order valence-electron chi connectivity index (χ3n) is 3.09. The van der Waals surface area contributed by atoms with Crippen LogP contribution in [0.3, 0.4) is 0 Å². The summed E-state index contributed by atoms with van der Waals surface area (Å²) in [4.78, 5) is 2.27. The van der Waals surface area contributed by atoms with Gasteiger partial charge in [0, 0.05) is 18.6 Å². The second-order valence-electron chi connectivity index (χ2n) is 4.40. The van der Waals surface area contributed by atoms with Gasteiger partial charge in [0.05, 0.1) is 11.6 Å². The molecule has 0 amide bonds. The van der Waals surface area contributed by atoms with Gasteiger partial charge in [0.25, 0.3) is 0 Å². The summed E-state index contributed by atoms with van der Waals surface area (Å²) in [5.41, 5.74) is 7.08. The van der Waals surface area contributed by atoms with Crippen molar-refractivity contribution in [2.45, 2.75) is 25.9 Å². The topological polar surface area (TPSA) is 38.5 Å². The largest absolute Gasteiger partial charge is 0.496 e. The Morgan fingerprint density at radius 3 is 2.47 bits per heavy atom. The molecular weight excluding hydrogens is 280 g/mol. The second kappa shape index (κ2) is 6.38. The summed E-state index contributed by atoms with van der Waals surface area (Å²) in [6.45, 7) is 4.94. The Balaban J connectivity index is 3.00. The summed E-state index contributed by atoms with van der Waals surface area (Å²) in [6.07, 6.45) is 0. The molecule has 4 heteroatoms. The predicted molar refractivity (Wildman–Crippen MR) is 75.4 cm³/mol. The van der Waals surface area contributed by atoms with Crippen LogP contribution in [0, 0.1) is 0 Å². The van der Waals surface area contributed by atoms with Gasteiger partial charge in [-0.05, 0) is 54.5 Å². The lowest BCUT2D eigenvalue weighted by Gasteiger charge is -2.31. The number of rotatable bonds is 5. The zero-order valence-corrected chi connectivity index (χ0v) is 12.5. The monoisotopic (exact) mass is 300 g/mol. The van der Waals surface area contributed by atoms with E-state index in [-0.39, 0.29) is 6.04 Å². The average Bonchev–Trinajstić information content (AvgIpc) is 2.30. The van der Waals surface area contributed by atoms with Gasteiger partial charge in [-0.15, -0.1) is 0 Å². The van der Waals surface area contributed by atoms with Crippen LogP contribution in [0.2, 0.25) is 0 Å². The van der Waals surface area contributed by atoms with Crippen LogP contribution in [0.15, 0.2) is 22.7 Å². The summed E-state index contributed by atoms with van der Waals surface area (Å²) >= 11 is 3.51. The standard InChI is InChI=1S/C13H21BrN2O/c1-9(2)16(3)12(8-15)10-5-6-13(17-4)11(14)7-10/h5-7,9,12H,8,15H2,1-4H3. The van der Waals surface area contributed by atoms with E-state index in [1.807, 2.05) is 6.07 Å². The summed E-state index contributed by atoms with van der Waals surface area (Å²) in [5.74, 6) is 0.844. The van der Waals surface area contributed by atoms with E-state index < -0.39 is 0 Å². The third kappa shape index (κ3) is 3.44. The Morgan fingerprint density at radius 1 is 1.41 bits per heavy atom. The fraction of sp³-hybridized carbons (Fsp3) is 0.538. The van der Waals surface area contributed by atoms with Gasteiger partial charge >= 0.3 is 0 Å². The normalized spacial score (nSPS) is 13.2. The fourth-order valence-corrected chi connectivity index (χ4v) is 2.35. The Hall–Kier alpha value is -0.580. The van der Waals surface area contributed by atoms with Gasteiger partial charge in [-0.1, -0.05) is 6.07 Å². The van der Waals surface area contributed by atoms with Crippen LogP contribution in [-0.4, -0.2) is 31.6 Å². The first-order valence-corrected chi connectivity index (χ1v) is 6.56. The predicted octanol–water partition coefficient (Wildman–Crippen LogP) is 2.80. The van der Waals surface area contributed by atoms with Crippen LogP contribution < -0.4 is 10.5 Å². The molecule has 0 aliphatic carbocycles. The number of nitrogens with two attached hydrogens (primary N) is 1. The molecule has 17 heavy (non-hydrogen) atoms. The Morgan fingerprint density at radius 2 is 2.06 bits per heavy atom. The molecule has 3 nitrogen and oxygen atoms in total. The van der Waals surface area contributed by atoms with Gasteiger partial charge in [0.15, 0.2) is 0 Å². The van der Waals surface area contributed by atoms with Gasteiger partial charge in [0.2, 0.25) is 0 Å². The Labute approximate surface area is 112 Å². The molecule has 0 aliphatic rings. The highest BCUT2D eigenvalue weighted by Crippen LogP contribution is 2.30. The van der Waals surface area contributed by atoms with E-state index in [0.29, 0.717) is 12.6 Å². The molecule has 0 aliphatic heterocycles. The first-order chi connectivity index (χ1) is 8.01. The summed E-state index contributed by atoms with van der Waals surface area (Å²) < 4.78 is 6.20. The third-order valence-corrected chi connectivity index (χ3v) is 3.71. The number of methoxy groups -OCH3 is 1. The van der Waals surface area contributed by atoms with E-state index in [1.165, 1.54) is 5.56 Å². The quantitative estimate of drug-likeness (QED) is 0.909. The maximum absolute atomic E-state index is 5.88. The lowest BCUT2D eigenvalue weighted by Crippen LogP contribution is -2.35. The molecule has 2 N–H and O–H groups in total. The van der Waals surface area contributed by atoms with Crippen molar-refractivity contribution in [1.82, 2.24) is 4.90 Å².